The summed E-state index contributed by atoms with van der Waals surface area (Å²) in [6.45, 7) is 4.98. The maximum atomic E-state index is 6.09. The van der Waals surface area contributed by atoms with Gasteiger partial charge in [0.2, 0.25) is 0 Å². The van der Waals surface area contributed by atoms with Crippen LogP contribution < -0.4 is 19.1 Å². The second-order valence-electron chi connectivity index (χ2n) is 9.73. The minimum atomic E-state index is 0.531. The number of hydrogen-bond acceptors (Lipinski definition) is 5. The summed E-state index contributed by atoms with van der Waals surface area (Å²) in [4.78, 5) is 4.42. The lowest BCUT2D eigenvalue weighted by Crippen LogP contribution is -2.31. The van der Waals surface area contributed by atoms with Gasteiger partial charge in [0.1, 0.15) is 29.7 Å². The third kappa shape index (κ3) is 4.88. The molecule has 0 spiro atoms. The predicted octanol–water partition coefficient (Wildman–Crippen LogP) is 6.52. The average Bonchev–Trinajstić information content (AvgIpc) is 2.90. The lowest BCUT2D eigenvalue weighted by molar-refractivity contribution is 0.121. The largest absolute Gasteiger partial charge is 0.478 e. The Hall–Kier alpha value is -3.96. The first-order valence-corrected chi connectivity index (χ1v) is 12.4. The number of hydrogen-bond donors (Lipinski definition) is 0. The van der Waals surface area contributed by atoms with Crippen LogP contribution in [0.5, 0.6) is 23.0 Å². The molecule has 2 aliphatic heterocycles. The van der Waals surface area contributed by atoms with Crippen LogP contribution in [0.3, 0.4) is 0 Å². The van der Waals surface area contributed by atoms with Crippen molar-refractivity contribution in [3.8, 4) is 23.0 Å². The minimum absolute atomic E-state index is 0.531. The summed E-state index contributed by atoms with van der Waals surface area (Å²) >= 11 is 0. The van der Waals surface area contributed by atoms with Crippen molar-refractivity contribution in [3.05, 3.63) is 113 Å². The zero-order chi connectivity index (χ0) is 24.5. The topological polar surface area (TPSA) is 34.2 Å². The van der Waals surface area contributed by atoms with Gasteiger partial charge in [-0.3, -0.25) is 4.90 Å². The summed E-state index contributed by atoms with van der Waals surface area (Å²) in [5.41, 5.74) is 7.37. The minimum Gasteiger partial charge on any atom is -0.478 e. The molecule has 5 nitrogen and oxygen atoms in total. The van der Waals surface area contributed by atoms with Crippen LogP contribution in [0.1, 0.15) is 27.8 Å². The molecule has 2 aliphatic rings. The SMILES string of the molecule is Cc1ccc(Oc2ccc(N3COc4ccc(Cc5ccc6c(c5)CN(C)CO6)cc4C3)cc2)cc1. The Morgan fingerprint density at radius 3 is 1.94 bits per heavy atom. The van der Waals surface area contributed by atoms with Gasteiger partial charge in [0.15, 0.2) is 6.73 Å². The van der Waals surface area contributed by atoms with Gasteiger partial charge in [-0.25, -0.2) is 0 Å². The van der Waals surface area contributed by atoms with Crippen molar-refractivity contribution in [3.63, 3.8) is 0 Å². The molecule has 0 fully saturated rings. The molecule has 0 saturated carbocycles. The Morgan fingerprint density at radius 1 is 0.694 bits per heavy atom. The van der Waals surface area contributed by atoms with E-state index in [1.165, 1.54) is 27.8 Å². The van der Waals surface area contributed by atoms with E-state index in [2.05, 4.69) is 84.4 Å². The molecule has 2 heterocycles. The van der Waals surface area contributed by atoms with Gasteiger partial charge >= 0.3 is 0 Å². The van der Waals surface area contributed by atoms with Crippen molar-refractivity contribution in [1.29, 1.82) is 0 Å². The highest BCUT2D eigenvalue weighted by Crippen LogP contribution is 2.32. The van der Waals surface area contributed by atoms with Gasteiger partial charge in [0.05, 0.1) is 0 Å². The number of benzene rings is 4. The molecule has 0 aliphatic carbocycles. The highest BCUT2D eigenvalue weighted by Gasteiger charge is 2.19. The van der Waals surface area contributed by atoms with Crippen molar-refractivity contribution >= 4 is 5.69 Å². The van der Waals surface area contributed by atoms with Gasteiger partial charge < -0.3 is 19.1 Å². The third-order valence-electron chi connectivity index (χ3n) is 6.73. The fraction of sp³-hybridized carbons (Fsp3) is 0.226. The summed E-state index contributed by atoms with van der Waals surface area (Å²) < 4.78 is 17.9. The number of ether oxygens (including phenoxy) is 3. The molecule has 0 unspecified atom stereocenters. The van der Waals surface area contributed by atoms with Crippen LogP contribution in [0.2, 0.25) is 0 Å². The van der Waals surface area contributed by atoms with Crippen LogP contribution in [0, 0.1) is 6.92 Å². The highest BCUT2D eigenvalue weighted by atomic mass is 16.5. The van der Waals surface area contributed by atoms with E-state index in [9.17, 15) is 0 Å². The highest BCUT2D eigenvalue weighted by molar-refractivity contribution is 5.53. The molecule has 0 radical (unpaired) electrons. The van der Waals surface area contributed by atoms with Gasteiger partial charge in [0.25, 0.3) is 0 Å². The fourth-order valence-corrected chi connectivity index (χ4v) is 4.80. The first-order valence-electron chi connectivity index (χ1n) is 12.4. The maximum Gasteiger partial charge on any atom is 0.161 e. The zero-order valence-electron chi connectivity index (χ0n) is 20.7. The van der Waals surface area contributed by atoms with Crippen LogP contribution >= 0.6 is 0 Å². The summed E-state index contributed by atoms with van der Waals surface area (Å²) in [6, 6.07) is 29.4. The molecule has 4 aromatic carbocycles. The molecule has 0 bridgehead atoms. The van der Waals surface area contributed by atoms with Crippen molar-refractivity contribution < 1.29 is 14.2 Å². The van der Waals surface area contributed by atoms with Crippen LogP contribution in [-0.4, -0.2) is 25.4 Å². The van der Waals surface area contributed by atoms with Gasteiger partial charge in [-0.1, -0.05) is 35.9 Å². The van der Waals surface area contributed by atoms with E-state index >= 15 is 0 Å². The van der Waals surface area contributed by atoms with Crippen molar-refractivity contribution in [2.24, 2.45) is 0 Å². The van der Waals surface area contributed by atoms with Crippen LogP contribution in [0.4, 0.5) is 5.69 Å². The Kier molecular flexibility index (Phi) is 5.99. The smallest absolute Gasteiger partial charge is 0.161 e. The molecule has 0 N–H and O–H groups in total. The predicted molar refractivity (Wildman–Crippen MR) is 142 cm³/mol. The Balaban J connectivity index is 1.14. The summed E-state index contributed by atoms with van der Waals surface area (Å²) in [5.74, 6) is 3.64. The number of nitrogens with zero attached hydrogens (tertiary/aromatic N) is 2. The van der Waals surface area contributed by atoms with Crippen LogP contribution in [0.25, 0.3) is 0 Å². The summed E-state index contributed by atoms with van der Waals surface area (Å²) in [5, 5.41) is 0. The van der Waals surface area contributed by atoms with E-state index in [0.717, 1.165) is 48.2 Å². The number of aryl methyl sites for hydroxylation is 1. The van der Waals surface area contributed by atoms with E-state index in [4.69, 9.17) is 14.2 Å². The normalized spacial score (nSPS) is 14.9. The van der Waals surface area contributed by atoms with Crippen LogP contribution in [0.15, 0.2) is 84.9 Å². The number of rotatable bonds is 5. The van der Waals surface area contributed by atoms with Gasteiger partial charge in [-0.05, 0) is 86.1 Å². The fourth-order valence-electron chi connectivity index (χ4n) is 4.80. The molecule has 36 heavy (non-hydrogen) atoms. The van der Waals surface area contributed by atoms with Crippen molar-refractivity contribution in [2.75, 3.05) is 25.4 Å². The summed E-state index contributed by atoms with van der Waals surface area (Å²) in [6.07, 6.45) is 0.884. The molecular formula is C31H30N2O3. The molecule has 0 aromatic heterocycles. The van der Waals surface area contributed by atoms with Crippen molar-refractivity contribution in [1.82, 2.24) is 4.90 Å². The molecule has 0 saturated heterocycles. The lowest BCUT2D eigenvalue weighted by Gasteiger charge is -2.31. The Morgan fingerprint density at radius 2 is 1.28 bits per heavy atom. The van der Waals surface area contributed by atoms with Crippen LogP contribution in [-0.2, 0) is 19.5 Å². The first kappa shape index (κ1) is 22.5. The quantitative estimate of drug-likeness (QED) is 0.326. The van der Waals surface area contributed by atoms with E-state index in [-0.39, 0.29) is 0 Å². The Labute approximate surface area is 212 Å². The molecule has 0 atom stereocenters. The number of fused-ring (bicyclic) bond motifs is 2. The van der Waals surface area contributed by atoms with E-state index in [1.807, 2.05) is 24.3 Å². The molecule has 182 valence electrons. The van der Waals surface area contributed by atoms with E-state index in [1.54, 1.807) is 0 Å². The molecule has 5 heteroatoms. The second kappa shape index (κ2) is 9.59. The molecule has 0 amide bonds. The lowest BCUT2D eigenvalue weighted by atomic mass is 9.99. The third-order valence-corrected chi connectivity index (χ3v) is 6.73. The second-order valence-corrected chi connectivity index (χ2v) is 9.73. The Bertz CT molecular complexity index is 1370. The van der Waals surface area contributed by atoms with E-state index < -0.39 is 0 Å². The average molecular weight is 479 g/mol. The van der Waals surface area contributed by atoms with E-state index in [0.29, 0.717) is 13.5 Å². The maximum absolute atomic E-state index is 6.09. The standard InChI is InChI=1S/C31H30N2O3/c1-22-3-9-28(10-4-22)36-29-11-7-27(8-12-29)33-19-26-17-24(6-14-31(26)35-21-33)15-23-5-13-30-25(16-23)18-32(2)20-34-30/h3-14,16-17H,15,18-21H2,1-2H3. The number of anilines is 1. The molecule has 4 aromatic rings. The summed E-state index contributed by atoms with van der Waals surface area (Å²) in [7, 11) is 2.08. The van der Waals surface area contributed by atoms with Gasteiger partial charge in [-0.2, -0.15) is 0 Å². The van der Waals surface area contributed by atoms with Crippen molar-refractivity contribution in [2.45, 2.75) is 26.4 Å². The van der Waals surface area contributed by atoms with Gasteiger partial charge in [0, 0.05) is 29.9 Å². The first-order chi connectivity index (χ1) is 17.6. The van der Waals surface area contributed by atoms with Gasteiger partial charge in [-0.15, -0.1) is 0 Å². The zero-order valence-corrected chi connectivity index (χ0v) is 20.7. The molecular weight excluding hydrogens is 448 g/mol. The molecule has 6 rings (SSSR count). The monoisotopic (exact) mass is 478 g/mol.